The molecule has 32 heavy (non-hydrogen) atoms. The lowest BCUT2D eigenvalue weighted by Crippen LogP contribution is -2.05. The minimum Gasteiger partial charge on any atom is -0.488 e. The van der Waals surface area contributed by atoms with Crippen molar-refractivity contribution in [3.8, 4) is 5.75 Å². The third-order valence-corrected chi connectivity index (χ3v) is 6.25. The number of hydrogen-bond acceptors (Lipinski definition) is 3. The summed E-state index contributed by atoms with van der Waals surface area (Å²) >= 11 is 5.77. The van der Waals surface area contributed by atoms with Crippen molar-refractivity contribution >= 4 is 23.6 Å². The van der Waals surface area contributed by atoms with Crippen LogP contribution in [0.5, 0.6) is 5.75 Å². The molecular weight excluding hydrogens is 420 g/mol. The molecule has 1 aliphatic heterocycles. The van der Waals surface area contributed by atoms with Crippen LogP contribution in [0.3, 0.4) is 0 Å². The van der Waals surface area contributed by atoms with Gasteiger partial charge in [0.2, 0.25) is 0 Å². The van der Waals surface area contributed by atoms with Crippen LogP contribution in [0.4, 0.5) is 0 Å². The highest BCUT2D eigenvalue weighted by Crippen LogP contribution is 2.26. The molecule has 4 heteroatoms. The summed E-state index contributed by atoms with van der Waals surface area (Å²) < 4.78 is 11.2. The molecule has 3 nitrogen and oxygen atoms in total. The van der Waals surface area contributed by atoms with Gasteiger partial charge in [0.15, 0.2) is 0 Å². The van der Waals surface area contributed by atoms with Gasteiger partial charge in [0.25, 0.3) is 0 Å². The summed E-state index contributed by atoms with van der Waals surface area (Å²) in [6, 6.07) is 5.87. The van der Waals surface area contributed by atoms with Crippen molar-refractivity contribution in [3.63, 3.8) is 0 Å². The highest BCUT2D eigenvalue weighted by molar-refractivity contribution is 6.25. The lowest BCUT2D eigenvalue weighted by atomic mass is 10.0. The predicted molar refractivity (Wildman–Crippen MR) is 135 cm³/mol. The fourth-order valence-corrected chi connectivity index (χ4v) is 4.08. The molecule has 0 saturated carbocycles. The molecule has 1 aliphatic rings. The number of carbonyl (C=O) groups excluding carboxylic acids is 1. The van der Waals surface area contributed by atoms with E-state index in [-0.39, 0.29) is 5.97 Å². The summed E-state index contributed by atoms with van der Waals surface area (Å²) in [6.45, 7) is 3.03. The van der Waals surface area contributed by atoms with E-state index in [1.807, 2.05) is 30.4 Å². The number of carbonyl (C=O) groups is 1. The quantitative estimate of drug-likeness (QED) is 0.182. The van der Waals surface area contributed by atoms with Gasteiger partial charge in [0, 0.05) is 23.1 Å². The molecule has 1 aromatic rings. The number of esters is 1. The van der Waals surface area contributed by atoms with Gasteiger partial charge in [-0.25, -0.2) is 0 Å². The number of hydrogen-bond donors (Lipinski definition) is 0. The zero-order valence-electron chi connectivity index (χ0n) is 19.9. The minimum atomic E-state index is -0.109. The molecular formula is C28H41ClO3. The number of unbranched alkanes of at least 4 members (excludes halogenated alkanes) is 12. The Labute approximate surface area is 200 Å². The Hall–Kier alpha value is -1.74. The van der Waals surface area contributed by atoms with Crippen molar-refractivity contribution in [3.05, 3.63) is 46.5 Å². The van der Waals surface area contributed by atoms with Crippen molar-refractivity contribution in [2.24, 2.45) is 0 Å². The lowest BCUT2D eigenvalue weighted by Gasteiger charge is -2.09. The lowest BCUT2D eigenvalue weighted by molar-refractivity contribution is -0.145. The van der Waals surface area contributed by atoms with E-state index in [2.05, 4.69) is 6.92 Å². The van der Waals surface area contributed by atoms with Crippen LogP contribution >= 0.6 is 11.6 Å². The number of halogens is 1. The molecule has 0 bridgehead atoms. The summed E-state index contributed by atoms with van der Waals surface area (Å²) in [6.07, 6.45) is 21.4. The fourth-order valence-electron chi connectivity index (χ4n) is 3.95. The Bertz CT molecular complexity index is 723. The molecule has 2 rings (SSSR count). The van der Waals surface area contributed by atoms with Crippen molar-refractivity contribution in [1.82, 2.24) is 0 Å². The third-order valence-electron chi connectivity index (χ3n) is 5.97. The Morgan fingerprint density at radius 1 is 0.938 bits per heavy atom. The smallest absolute Gasteiger partial charge is 0.306 e. The first kappa shape index (κ1) is 26.5. The number of rotatable bonds is 16. The van der Waals surface area contributed by atoms with E-state index < -0.39 is 0 Å². The molecule has 0 aliphatic carbocycles. The Morgan fingerprint density at radius 3 is 2.19 bits per heavy atom. The van der Waals surface area contributed by atoms with Gasteiger partial charge in [0.05, 0.1) is 0 Å². The molecule has 0 radical (unpaired) electrons. The van der Waals surface area contributed by atoms with E-state index >= 15 is 0 Å². The molecule has 0 N–H and O–H groups in total. The van der Waals surface area contributed by atoms with E-state index in [1.54, 1.807) is 0 Å². The van der Waals surface area contributed by atoms with Crippen LogP contribution in [-0.4, -0.2) is 12.6 Å². The fraction of sp³-hybridized carbons (Fsp3) is 0.607. The molecule has 0 unspecified atom stereocenters. The van der Waals surface area contributed by atoms with Crippen molar-refractivity contribution in [2.75, 3.05) is 6.61 Å². The standard InChI is InChI=1S/C28H41ClO3/c1-2-3-4-5-6-7-8-9-10-11-12-13-14-15-28(30)32-22-24-17-19-27-26(20-24)18-16-25(21-29)23-31-27/h16-21H,2-15,22-23H2,1H3/b25-21+. The van der Waals surface area contributed by atoms with Crippen LogP contribution < -0.4 is 4.74 Å². The first-order valence-corrected chi connectivity index (χ1v) is 13.0. The third kappa shape index (κ3) is 11.2. The van der Waals surface area contributed by atoms with Crippen LogP contribution in [0.1, 0.15) is 108 Å². The van der Waals surface area contributed by atoms with E-state index in [0.29, 0.717) is 19.6 Å². The van der Waals surface area contributed by atoms with Gasteiger partial charge >= 0.3 is 5.97 Å². The van der Waals surface area contributed by atoms with Crippen LogP contribution in [0.25, 0.3) is 6.08 Å². The van der Waals surface area contributed by atoms with Crippen molar-refractivity contribution < 1.29 is 14.3 Å². The highest BCUT2D eigenvalue weighted by Gasteiger charge is 2.09. The van der Waals surface area contributed by atoms with E-state index in [0.717, 1.165) is 35.3 Å². The van der Waals surface area contributed by atoms with Gasteiger partial charge in [0.1, 0.15) is 19.0 Å². The zero-order chi connectivity index (χ0) is 22.9. The largest absolute Gasteiger partial charge is 0.488 e. The summed E-state index contributed by atoms with van der Waals surface area (Å²) in [5, 5.41) is 0. The van der Waals surface area contributed by atoms with Gasteiger partial charge in [-0.3, -0.25) is 4.79 Å². The molecule has 1 heterocycles. The van der Waals surface area contributed by atoms with Gasteiger partial charge in [-0.1, -0.05) is 114 Å². The average Bonchev–Trinajstić information content (AvgIpc) is 3.02. The average molecular weight is 461 g/mol. The SMILES string of the molecule is CCCCCCCCCCCCCCCC(=O)OCc1ccc2c(c1)C=C/C(=C\Cl)CO2. The maximum Gasteiger partial charge on any atom is 0.306 e. The van der Waals surface area contributed by atoms with Gasteiger partial charge in [-0.15, -0.1) is 0 Å². The van der Waals surface area contributed by atoms with Crippen LogP contribution in [0.2, 0.25) is 0 Å². The summed E-state index contributed by atoms with van der Waals surface area (Å²) in [5.74, 6) is 0.707. The second-order valence-corrected chi connectivity index (χ2v) is 9.05. The Balaban J connectivity index is 1.49. The van der Waals surface area contributed by atoms with Crippen LogP contribution in [0.15, 0.2) is 35.4 Å². The van der Waals surface area contributed by atoms with Gasteiger partial charge in [-0.2, -0.15) is 0 Å². The minimum absolute atomic E-state index is 0.109. The Morgan fingerprint density at radius 2 is 1.56 bits per heavy atom. The molecule has 0 saturated heterocycles. The second-order valence-electron chi connectivity index (χ2n) is 8.83. The molecule has 0 aromatic heterocycles. The van der Waals surface area contributed by atoms with Crippen molar-refractivity contribution in [1.29, 1.82) is 0 Å². The number of fused-ring (bicyclic) bond motifs is 1. The van der Waals surface area contributed by atoms with Crippen molar-refractivity contribution in [2.45, 2.75) is 103 Å². The molecule has 0 atom stereocenters. The molecule has 0 fully saturated rings. The Kier molecular flexibility index (Phi) is 13.9. The normalized spacial score (nSPS) is 14.1. The maximum absolute atomic E-state index is 12.1. The predicted octanol–water partition coefficient (Wildman–Crippen LogP) is 8.74. The van der Waals surface area contributed by atoms with Crippen LogP contribution in [0, 0.1) is 0 Å². The maximum atomic E-state index is 12.1. The monoisotopic (exact) mass is 460 g/mol. The number of ether oxygens (including phenoxy) is 2. The zero-order valence-corrected chi connectivity index (χ0v) is 20.6. The summed E-state index contributed by atoms with van der Waals surface area (Å²) in [4.78, 5) is 12.1. The van der Waals surface area contributed by atoms with Crippen LogP contribution in [-0.2, 0) is 16.1 Å². The van der Waals surface area contributed by atoms with Gasteiger partial charge < -0.3 is 9.47 Å². The molecule has 1 aromatic carbocycles. The van der Waals surface area contributed by atoms with E-state index in [1.165, 1.54) is 76.2 Å². The summed E-state index contributed by atoms with van der Waals surface area (Å²) in [7, 11) is 0. The number of benzene rings is 1. The first-order chi connectivity index (χ1) is 15.7. The molecule has 178 valence electrons. The topological polar surface area (TPSA) is 35.5 Å². The van der Waals surface area contributed by atoms with E-state index in [9.17, 15) is 4.79 Å². The molecule has 0 amide bonds. The molecule has 0 spiro atoms. The second kappa shape index (κ2) is 16.8. The summed E-state index contributed by atoms with van der Waals surface area (Å²) in [5.41, 5.74) is 4.40. The highest BCUT2D eigenvalue weighted by atomic mass is 35.5. The van der Waals surface area contributed by atoms with Gasteiger partial charge in [-0.05, 0) is 24.1 Å². The van der Waals surface area contributed by atoms with E-state index in [4.69, 9.17) is 21.1 Å². The first-order valence-electron chi connectivity index (χ1n) is 12.6.